The van der Waals surface area contributed by atoms with Crippen LogP contribution in [0.4, 0.5) is 45.5 Å². The maximum Gasteiger partial charge on any atom is 0.297 e. The summed E-state index contributed by atoms with van der Waals surface area (Å²) >= 11 is 0.412. The number of anilines is 1. The number of fused-ring (bicyclic) bond motifs is 2. The Morgan fingerprint density at radius 3 is 1.73 bits per heavy atom. The molecule has 31 nitrogen and oxygen atoms in total. The Kier molecular flexibility index (Phi) is 15.3. The predicted molar refractivity (Wildman–Crippen MR) is 235 cm³/mol. The highest BCUT2D eigenvalue weighted by atomic mass is 32.2. The van der Waals surface area contributed by atoms with Crippen LogP contribution in [0.15, 0.2) is 127 Å². The van der Waals surface area contributed by atoms with Crippen molar-refractivity contribution in [3.05, 3.63) is 76.8 Å². The van der Waals surface area contributed by atoms with Gasteiger partial charge in [-0.25, -0.2) is 10.5 Å². The fourth-order valence-electron chi connectivity index (χ4n) is 6.03. The fraction of sp³-hybridized carbons (Fsp3) is 0.0303. The Bertz CT molecular complexity index is 3710. The molecule has 0 bridgehead atoms. The second-order valence-corrected chi connectivity index (χ2v) is 20.2. The van der Waals surface area contributed by atoms with Gasteiger partial charge in [0.2, 0.25) is 0 Å². The van der Waals surface area contributed by atoms with Gasteiger partial charge in [0, 0.05) is 22.9 Å². The van der Waals surface area contributed by atoms with E-state index in [1.54, 1.807) is 0 Å². The van der Waals surface area contributed by atoms with Crippen LogP contribution in [0.25, 0.3) is 21.5 Å². The van der Waals surface area contributed by atoms with Crippen LogP contribution in [0.5, 0.6) is 17.2 Å². The van der Waals surface area contributed by atoms with Crippen LogP contribution in [-0.2, 0) is 59.2 Å². The standard InChI is InChI=1S/C33H24N8O23S6/c1-60-16-3-5-19(21(11-16)65-63-61-46)36-40-31-26(70(57,58)59)12-17-18(32(31)42)8-14(9-23(17)67(48,49)50)35-39-30-25(69(54,55)56)7-13-6-22(66-64-62-47)29(33(43)27(13)28(30)34)38-37-20-4-2-15(41(44)45)10-24(20)68(51,52)53/h2-12,42-43,46-47H,34H2,1H3,(H,48,49,50)(H,51,52,53)(H,54,55,56)(H,57,58,59). The highest BCUT2D eigenvalue weighted by molar-refractivity contribution is 7.95. The van der Waals surface area contributed by atoms with Crippen molar-refractivity contribution in [3.63, 3.8) is 0 Å². The lowest BCUT2D eigenvalue weighted by Crippen LogP contribution is -2.03. The molecular weight excluding hydrogens is 1070 g/mol. The van der Waals surface area contributed by atoms with Gasteiger partial charge >= 0.3 is 0 Å². The van der Waals surface area contributed by atoms with Crippen LogP contribution in [0.1, 0.15) is 0 Å². The zero-order chi connectivity index (χ0) is 51.7. The molecule has 0 radical (unpaired) electrons. The number of rotatable bonds is 18. The van der Waals surface area contributed by atoms with Gasteiger partial charge in [0.15, 0.2) is 11.5 Å². The smallest absolute Gasteiger partial charge is 0.297 e. The van der Waals surface area contributed by atoms with Crippen molar-refractivity contribution in [1.82, 2.24) is 0 Å². The summed E-state index contributed by atoms with van der Waals surface area (Å²) < 4.78 is 155. The lowest BCUT2D eigenvalue weighted by atomic mass is 10.1. The van der Waals surface area contributed by atoms with Crippen molar-refractivity contribution in [2.24, 2.45) is 30.7 Å². The van der Waals surface area contributed by atoms with Crippen molar-refractivity contribution in [3.8, 4) is 17.2 Å². The van der Waals surface area contributed by atoms with Gasteiger partial charge in [-0.15, -0.1) is 34.2 Å². The van der Waals surface area contributed by atoms with Gasteiger partial charge < -0.3 is 20.7 Å². The molecule has 0 amide bonds. The summed E-state index contributed by atoms with van der Waals surface area (Å²) in [5.74, 6) is -2.11. The number of nitro benzene ring substituents is 1. The monoisotopic (exact) mass is 1090 g/mol. The first kappa shape index (κ1) is 52.7. The van der Waals surface area contributed by atoms with E-state index in [9.17, 15) is 72.2 Å². The van der Waals surface area contributed by atoms with Crippen molar-refractivity contribution < 1.29 is 101 Å². The minimum atomic E-state index is -5.47. The molecule has 37 heteroatoms. The molecule has 6 aromatic carbocycles. The number of hydrogen-bond acceptors (Lipinski definition) is 28. The van der Waals surface area contributed by atoms with Crippen LogP contribution < -0.4 is 10.5 Å². The summed E-state index contributed by atoms with van der Waals surface area (Å²) in [6.07, 6.45) is 0. The quantitative estimate of drug-likeness (QED) is 0.00748. The van der Waals surface area contributed by atoms with Crippen molar-refractivity contribution in [2.45, 2.75) is 29.4 Å². The molecule has 0 aliphatic rings. The number of nitrogen functional groups attached to an aromatic ring is 1. The highest BCUT2D eigenvalue weighted by Gasteiger charge is 2.29. The fourth-order valence-corrected chi connectivity index (χ4v) is 9.67. The second-order valence-electron chi connectivity index (χ2n) is 13.1. The Balaban J connectivity index is 1.58. The largest absolute Gasteiger partial charge is 0.505 e. The van der Waals surface area contributed by atoms with E-state index in [1.165, 1.54) is 25.3 Å². The van der Waals surface area contributed by atoms with Gasteiger partial charge in [-0.1, -0.05) is 10.1 Å². The molecular formula is C33H24N8O23S6. The summed E-state index contributed by atoms with van der Waals surface area (Å²) in [5.41, 5.74) is 0.158. The number of non-ortho nitro benzene ring substituents is 1. The maximum atomic E-state index is 12.8. The number of nitrogens with two attached hydrogens (primary N) is 1. The summed E-state index contributed by atoms with van der Waals surface area (Å²) in [7, 11) is -20.3. The molecule has 0 fully saturated rings. The number of hydrogen-bond donors (Lipinski definition) is 9. The molecule has 6 rings (SSSR count). The number of ether oxygens (including phenoxy) is 1. The molecule has 10 N–H and O–H groups in total. The molecule has 70 heavy (non-hydrogen) atoms. The van der Waals surface area contributed by atoms with Crippen molar-refractivity contribution >= 4 is 132 Å². The van der Waals surface area contributed by atoms with E-state index < -0.39 is 143 Å². The molecule has 370 valence electrons. The molecule has 0 aliphatic heterocycles. The first-order chi connectivity index (χ1) is 32.7. The minimum Gasteiger partial charge on any atom is -0.505 e. The maximum absolute atomic E-state index is 12.8. The molecule has 0 aliphatic carbocycles. The van der Waals surface area contributed by atoms with Crippen LogP contribution in [-0.4, -0.2) is 84.6 Å². The number of nitro groups is 1. The number of azo groups is 3. The molecule has 0 saturated carbocycles. The average Bonchev–Trinajstić information content (AvgIpc) is 3.27. The highest BCUT2D eigenvalue weighted by Crippen LogP contribution is 2.51. The molecule has 0 saturated heterocycles. The first-order valence-electron chi connectivity index (χ1n) is 17.6. The van der Waals surface area contributed by atoms with Gasteiger partial charge in [-0.2, -0.15) is 38.8 Å². The zero-order valence-corrected chi connectivity index (χ0v) is 38.6. The Labute approximate surface area is 397 Å². The number of benzene rings is 6. The van der Waals surface area contributed by atoms with Crippen LogP contribution >= 0.6 is 24.1 Å². The number of phenols is 2. The number of nitrogens with zero attached hydrogens (tertiary/aromatic N) is 7. The average molecular weight is 1090 g/mol. The molecule has 0 unspecified atom stereocenters. The SMILES string of the molecule is COc1ccc(N=Nc2c(S(=O)(=O)O)cc3c(S(=O)(=O)O)cc(N=Nc4c(S(=O)(=O)O)cc5cc(SOOO)c(N=Nc6ccc([N+](=O)[O-])cc6S(=O)(=O)O)c(O)c5c4N)cc3c2O)c(SOOO)c1. The summed E-state index contributed by atoms with van der Waals surface area (Å²) in [6, 6.07) is 9.17. The third-order valence-electron chi connectivity index (χ3n) is 8.95. The second kappa shape index (κ2) is 20.4. The minimum absolute atomic E-state index is 0.00508. The normalized spacial score (nSPS) is 12.8. The van der Waals surface area contributed by atoms with Crippen LogP contribution in [0, 0.1) is 10.1 Å². The lowest BCUT2D eigenvalue weighted by molar-refractivity contribution is -0.432. The van der Waals surface area contributed by atoms with E-state index in [2.05, 4.69) is 49.4 Å². The topological polar surface area (TPSA) is 488 Å². The van der Waals surface area contributed by atoms with Gasteiger partial charge in [0.1, 0.15) is 53.8 Å². The third kappa shape index (κ3) is 11.3. The lowest BCUT2D eigenvalue weighted by Gasteiger charge is -2.14. The summed E-state index contributed by atoms with van der Waals surface area (Å²) in [6.45, 7) is 0. The van der Waals surface area contributed by atoms with Gasteiger partial charge in [-0.3, -0.25) is 28.3 Å². The predicted octanol–water partition coefficient (Wildman–Crippen LogP) is 7.99. The van der Waals surface area contributed by atoms with Gasteiger partial charge in [-0.05, 0) is 60.0 Å². The van der Waals surface area contributed by atoms with Crippen LogP contribution in [0.2, 0.25) is 0 Å². The van der Waals surface area contributed by atoms with E-state index in [1.807, 2.05) is 0 Å². The Hall–Kier alpha value is -6.66. The summed E-state index contributed by atoms with van der Waals surface area (Å²) in [4.78, 5) is 5.05. The molecule has 0 aromatic heterocycles. The number of methoxy groups -OCH3 is 1. The van der Waals surface area contributed by atoms with E-state index in [0.29, 0.717) is 36.3 Å². The Morgan fingerprint density at radius 1 is 0.586 bits per heavy atom. The summed E-state index contributed by atoms with van der Waals surface area (Å²) in [5, 5.41) is 78.8. The van der Waals surface area contributed by atoms with Gasteiger partial charge in [0.05, 0.1) is 62.7 Å². The first-order valence-corrected chi connectivity index (χ1v) is 24.8. The van der Waals surface area contributed by atoms with E-state index in [0.717, 1.165) is 24.3 Å². The molecule has 6 aromatic rings. The zero-order valence-electron chi connectivity index (χ0n) is 33.7. The Morgan fingerprint density at radius 2 is 1.14 bits per heavy atom. The van der Waals surface area contributed by atoms with Gasteiger partial charge in [0.25, 0.3) is 46.2 Å². The van der Waals surface area contributed by atoms with E-state index in [4.69, 9.17) is 21.0 Å². The third-order valence-corrected chi connectivity index (χ3v) is 13.7. The van der Waals surface area contributed by atoms with Crippen LogP contribution in [0.3, 0.4) is 0 Å². The van der Waals surface area contributed by atoms with Crippen molar-refractivity contribution in [2.75, 3.05) is 12.8 Å². The number of phenolic OH excluding ortho intramolecular Hbond substituents is 2. The van der Waals surface area contributed by atoms with E-state index in [-0.39, 0.29) is 28.4 Å². The molecule has 0 spiro atoms. The number of aromatic hydroxyl groups is 2. The molecule has 0 atom stereocenters. The van der Waals surface area contributed by atoms with E-state index >= 15 is 0 Å². The van der Waals surface area contributed by atoms with Crippen molar-refractivity contribution in [1.29, 1.82) is 0 Å². The molecule has 0 heterocycles.